The summed E-state index contributed by atoms with van der Waals surface area (Å²) in [5.74, 6) is 2.47. The van der Waals surface area contributed by atoms with E-state index in [1.54, 1.807) is 6.92 Å². The third-order valence-corrected chi connectivity index (χ3v) is 4.09. The van der Waals surface area contributed by atoms with Crippen LogP contribution in [0.15, 0.2) is 24.3 Å². The van der Waals surface area contributed by atoms with E-state index < -0.39 is 0 Å². The van der Waals surface area contributed by atoms with Crippen LogP contribution in [0.5, 0.6) is 0 Å². The van der Waals surface area contributed by atoms with Gasteiger partial charge in [0.15, 0.2) is 0 Å². The number of nitrogens with zero attached hydrogens (tertiary/aromatic N) is 1. The second-order valence-electron chi connectivity index (χ2n) is 4.58. The molecule has 1 N–H and O–H groups in total. The first-order valence-electron chi connectivity index (χ1n) is 6.41. The Bertz CT molecular complexity index is 401. The van der Waals surface area contributed by atoms with Crippen molar-refractivity contribution in [2.75, 3.05) is 29.9 Å². The van der Waals surface area contributed by atoms with Crippen molar-refractivity contribution in [2.24, 2.45) is 0 Å². The SMILES string of the molecule is CC(=O)Nc1ccccc1CN1CCCSCC1. The third kappa shape index (κ3) is 4.03. The summed E-state index contributed by atoms with van der Waals surface area (Å²) in [5, 5.41) is 2.91. The van der Waals surface area contributed by atoms with Crippen LogP contribution in [0.4, 0.5) is 5.69 Å². The molecule has 3 nitrogen and oxygen atoms in total. The van der Waals surface area contributed by atoms with Gasteiger partial charge in [-0.3, -0.25) is 9.69 Å². The fourth-order valence-corrected chi connectivity index (χ4v) is 3.09. The molecule has 0 aliphatic carbocycles. The molecule has 0 atom stereocenters. The van der Waals surface area contributed by atoms with E-state index in [1.807, 2.05) is 30.0 Å². The van der Waals surface area contributed by atoms with E-state index in [9.17, 15) is 4.79 Å². The zero-order valence-corrected chi connectivity index (χ0v) is 11.6. The number of rotatable bonds is 3. The Hall–Kier alpha value is -1.00. The number of carbonyl (C=O) groups excluding carboxylic acids is 1. The summed E-state index contributed by atoms with van der Waals surface area (Å²) in [6.45, 7) is 4.77. The van der Waals surface area contributed by atoms with Gasteiger partial charge in [-0.1, -0.05) is 18.2 Å². The zero-order valence-electron chi connectivity index (χ0n) is 10.8. The second kappa shape index (κ2) is 6.81. The maximum Gasteiger partial charge on any atom is 0.221 e. The average Bonchev–Trinajstić information content (AvgIpc) is 2.60. The zero-order chi connectivity index (χ0) is 12.8. The maximum absolute atomic E-state index is 11.2. The highest BCUT2D eigenvalue weighted by molar-refractivity contribution is 7.99. The van der Waals surface area contributed by atoms with E-state index in [0.29, 0.717) is 0 Å². The van der Waals surface area contributed by atoms with Crippen LogP contribution < -0.4 is 5.32 Å². The first-order valence-corrected chi connectivity index (χ1v) is 7.57. The van der Waals surface area contributed by atoms with E-state index in [0.717, 1.165) is 25.3 Å². The average molecular weight is 264 g/mol. The first kappa shape index (κ1) is 13.4. The predicted molar refractivity (Wildman–Crippen MR) is 78.0 cm³/mol. The molecule has 0 unspecified atom stereocenters. The number of para-hydroxylation sites is 1. The van der Waals surface area contributed by atoms with Crippen LogP contribution in [0.25, 0.3) is 0 Å². The quantitative estimate of drug-likeness (QED) is 0.910. The molecule has 0 saturated carbocycles. The van der Waals surface area contributed by atoms with E-state index >= 15 is 0 Å². The highest BCUT2D eigenvalue weighted by Gasteiger charge is 2.11. The summed E-state index contributed by atoms with van der Waals surface area (Å²) >= 11 is 2.03. The number of hydrogen-bond acceptors (Lipinski definition) is 3. The number of hydrogen-bond donors (Lipinski definition) is 1. The number of amides is 1. The molecule has 1 aromatic rings. The van der Waals surface area contributed by atoms with Crippen LogP contribution >= 0.6 is 11.8 Å². The predicted octanol–water partition coefficient (Wildman–Crippen LogP) is 2.58. The molecule has 1 fully saturated rings. The maximum atomic E-state index is 11.2. The van der Waals surface area contributed by atoms with E-state index in [-0.39, 0.29) is 5.91 Å². The van der Waals surface area contributed by atoms with Gasteiger partial charge in [0, 0.05) is 31.5 Å². The molecule has 1 aromatic carbocycles. The molecule has 1 heterocycles. The number of benzene rings is 1. The Morgan fingerprint density at radius 3 is 3.00 bits per heavy atom. The van der Waals surface area contributed by atoms with Crippen LogP contribution in [0.3, 0.4) is 0 Å². The van der Waals surface area contributed by atoms with Gasteiger partial charge in [0.1, 0.15) is 0 Å². The minimum Gasteiger partial charge on any atom is -0.326 e. The Balaban J connectivity index is 2.04. The van der Waals surface area contributed by atoms with Crippen LogP contribution in [0, 0.1) is 0 Å². The molecule has 1 saturated heterocycles. The van der Waals surface area contributed by atoms with Crippen molar-refractivity contribution < 1.29 is 4.79 Å². The van der Waals surface area contributed by atoms with Gasteiger partial charge in [0.25, 0.3) is 0 Å². The smallest absolute Gasteiger partial charge is 0.221 e. The van der Waals surface area contributed by atoms with Crippen molar-refractivity contribution in [3.05, 3.63) is 29.8 Å². The molecule has 0 bridgehead atoms. The van der Waals surface area contributed by atoms with Crippen LogP contribution in [0.1, 0.15) is 18.9 Å². The molecule has 1 amide bonds. The molecular formula is C14H20N2OS. The van der Waals surface area contributed by atoms with E-state index in [4.69, 9.17) is 0 Å². The molecule has 4 heteroatoms. The summed E-state index contributed by atoms with van der Waals surface area (Å²) < 4.78 is 0. The van der Waals surface area contributed by atoms with Gasteiger partial charge in [0.05, 0.1) is 0 Å². The van der Waals surface area contributed by atoms with E-state index in [1.165, 1.54) is 23.5 Å². The third-order valence-electron chi connectivity index (χ3n) is 3.04. The first-order chi connectivity index (χ1) is 8.75. The van der Waals surface area contributed by atoms with Gasteiger partial charge in [-0.25, -0.2) is 0 Å². The lowest BCUT2D eigenvalue weighted by molar-refractivity contribution is -0.114. The topological polar surface area (TPSA) is 32.3 Å². The molecule has 18 heavy (non-hydrogen) atoms. The van der Waals surface area contributed by atoms with Gasteiger partial charge < -0.3 is 5.32 Å². The fraction of sp³-hybridized carbons (Fsp3) is 0.500. The minimum absolute atomic E-state index is 0.00567. The Morgan fingerprint density at radius 2 is 2.17 bits per heavy atom. The van der Waals surface area contributed by atoms with Crippen molar-refractivity contribution >= 4 is 23.4 Å². The number of nitrogens with one attached hydrogen (secondary N) is 1. The number of anilines is 1. The largest absolute Gasteiger partial charge is 0.326 e. The monoisotopic (exact) mass is 264 g/mol. The van der Waals surface area contributed by atoms with Gasteiger partial charge in [-0.2, -0.15) is 11.8 Å². The number of thioether (sulfide) groups is 1. The lowest BCUT2D eigenvalue weighted by Crippen LogP contribution is -2.26. The summed E-state index contributed by atoms with van der Waals surface area (Å²) in [6, 6.07) is 8.08. The van der Waals surface area contributed by atoms with Crippen LogP contribution in [0.2, 0.25) is 0 Å². The molecule has 2 rings (SSSR count). The van der Waals surface area contributed by atoms with Gasteiger partial charge in [-0.15, -0.1) is 0 Å². The standard InChI is InChI=1S/C14H20N2OS/c1-12(17)15-14-6-3-2-5-13(14)11-16-7-4-9-18-10-8-16/h2-3,5-6H,4,7-11H2,1H3,(H,15,17). The number of carbonyl (C=O) groups is 1. The van der Waals surface area contributed by atoms with Crippen molar-refractivity contribution in [3.63, 3.8) is 0 Å². The lowest BCUT2D eigenvalue weighted by atomic mass is 10.1. The summed E-state index contributed by atoms with van der Waals surface area (Å²) in [4.78, 5) is 13.7. The second-order valence-corrected chi connectivity index (χ2v) is 5.81. The van der Waals surface area contributed by atoms with Gasteiger partial charge in [0.2, 0.25) is 5.91 Å². The molecule has 0 aromatic heterocycles. The molecule has 0 spiro atoms. The van der Waals surface area contributed by atoms with Crippen molar-refractivity contribution in [3.8, 4) is 0 Å². The van der Waals surface area contributed by atoms with Crippen molar-refractivity contribution in [2.45, 2.75) is 19.9 Å². The summed E-state index contributed by atoms with van der Waals surface area (Å²) in [7, 11) is 0. The molecule has 1 aliphatic heterocycles. The van der Waals surface area contributed by atoms with Crippen molar-refractivity contribution in [1.29, 1.82) is 0 Å². The highest BCUT2D eigenvalue weighted by Crippen LogP contribution is 2.19. The van der Waals surface area contributed by atoms with Crippen LogP contribution in [-0.2, 0) is 11.3 Å². The fourth-order valence-electron chi connectivity index (χ4n) is 2.17. The van der Waals surface area contributed by atoms with Gasteiger partial charge >= 0.3 is 0 Å². The molecular weight excluding hydrogens is 244 g/mol. The molecule has 1 aliphatic rings. The minimum atomic E-state index is -0.00567. The lowest BCUT2D eigenvalue weighted by Gasteiger charge is -2.21. The summed E-state index contributed by atoms with van der Waals surface area (Å²) in [6.07, 6.45) is 1.26. The van der Waals surface area contributed by atoms with Crippen LogP contribution in [-0.4, -0.2) is 35.4 Å². The Morgan fingerprint density at radius 1 is 1.33 bits per heavy atom. The van der Waals surface area contributed by atoms with E-state index in [2.05, 4.69) is 16.3 Å². The summed E-state index contributed by atoms with van der Waals surface area (Å²) in [5.41, 5.74) is 2.15. The Labute approximate surface area is 113 Å². The Kier molecular flexibility index (Phi) is 5.08. The van der Waals surface area contributed by atoms with Crippen molar-refractivity contribution in [1.82, 2.24) is 4.90 Å². The normalized spacial score (nSPS) is 17.2. The molecule has 98 valence electrons. The highest BCUT2D eigenvalue weighted by atomic mass is 32.2. The van der Waals surface area contributed by atoms with Gasteiger partial charge in [-0.05, 0) is 30.3 Å². The molecule has 0 radical (unpaired) electrons.